The summed E-state index contributed by atoms with van der Waals surface area (Å²) < 4.78 is 33.9. The zero-order chi connectivity index (χ0) is 24.9. The summed E-state index contributed by atoms with van der Waals surface area (Å²) in [5, 5.41) is 3.13. The van der Waals surface area contributed by atoms with Crippen LogP contribution in [0.4, 0.5) is 5.69 Å². The van der Waals surface area contributed by atoms with Gasteiger partial charge in [-0.05, 0) is 74.7 Å². The molecule has 3 rings (SSSR count). The molecule has 0 fully saturated rings. The highest BCUT2D eigenvalue weighted by molar-refractivity contribution is 7.92. The molecule has 0 spiro atoms. The van der Waals surface area contributed by atoms with E-state index in [2.05, 4.69) is 5.32 Å². The minimum atomic E-state index is -4.01. The number of hydrogen-bond acceptors (Lipinski definition) is 4. The normalized spacial score (nSPS) is 11.2. The Morgan fingerprint density at radius 2 is 1.56 bits per heavy atom. The Hall–Kier alpha value is -3.03. The minimum absolute atomic E-state index is 0.100. The number of rotatable bonds is 9. The van der Waals surface area contributed by atoms with Gasteiger partial charge in [-0.1, -0.05) is 47.5 Å². The lowest BCUT2D eigenvalue weighted by atomic mass is 10.1. The van der Waals surface area contributed by atoms with E-state index in [4.69, 9.17) is 16.3 Å². The maximum absolute atomic E-state index is 13.5. The summed E-state index contributed by atoms with van der Waals surface area (Å²) in [5.41, 5.74) is 4.06. The molecule has 0 saturated heterocycles. The predicted molar refractivity (Wildman–Crippen MR) is 136 cm³/mol. The van der Waals surface area contributed by atoms with Gasteiger partial charge in [0.15, 0.2) is 0 Å². The Kier molecular flexibility index (Phi) is 8.23. The number of ether oxygens (including phenoxy) is 1. The molecule has 0 aliphatic heterocycles. The average Bonchev–Trinajstić information content (AvgIpc) is 2.79. The van der Waals surface area contributed by atoms with Crippen LogP contribution < -0.4 is 14.4 Å². The monoisotopic (exact) mass is 500 g/mol. The van der Waals surface area contributed by atoms with Gasteiger partial charge in [-0.3, -0.25) is 9.10 Å². The lowest BCUT2D eigenvalue weighted by Crippen LogP contribution is -2.42. The van der Waals surface area contributed by atoms with Crippen molar-refractivity contribution >= 4 is 33.2 Å². The number of sulfonamides is 1. The molecule has 3 aromatic rings. The summed E-state index contributed by atoms with van der Waals surface area (Å²) >= 11 is 6.16. The molecular weight excluding hydrogens is 472 g/mol. The highest BCUT2D eigenvalue weighted by Crippen LogP contribution is 2.29. The predicted octanol–water partition coefficient (Wildman–Crippen LogP) is 4.96. The van der Waals surface area contributed by atoms with Crippen LogP contribution in [0, 0.1) is 27.7 Å². The molecule has 1 N–H and O–H groups in total. The van der Waals surface area contributed by atoms with Crippen molar-refractivity contribution < 1.29 is 17.9 Å². The van der Waals surface area contributed by atoms with Crippen molar-refractivity contribution in [2.75, 3.05) is 24.0 Å². The molecule has 0 saturated carbocycles. The third-order valence-electron chi connectivity index (χ3n) is 5.36. The zero-order valence-electron chi connectivity index (χ0n) is 19.8. The van der Waals surface area contributed by atoms with Crippen LogP contribution in [0.15, 0.2) is 65.6 Å². The standard InChI is InChI=1S/C26H29ClN2O4S/c1-18-6-11-23(12-7-18)34(31,32)29(24-16-22(27)10-9-20(24)3)17-26(30)28-13-14-33-25-15-19(2)5-8-21(25)4/h5-12,15-16H,13-14,17H2,1-4H3,(H,28,30). The van der Waals surface area contributed by atoms with Gasteiger partial charge in [-0.15, -0.1) is 0 Å². The molecule has 0 atom stereocenters. The van der Waals surface area contributed by atoms with E-state index in [-0.39, 0.29) is 24.6 Å². The van der Waals surface area contributed by atoms with E-state index in [1.165, 1.54) is 12.1 Å². The van der Waals surface area contributed by atoms with Crippen LogP contribution in [0.25, 0.3) is 0 Å². The Morgan fingerprint density at radius 1 is 0.912 bits per heavy atom. The Morgan fingerprint density at radius 3 is 2.26 bits per heavy atom. The van der Waals surface area contributed by atoms with Gasteiger partial charge in [0, 0.05) is 5.02 Å². The number of carbonyl (C=O) groups excluding carboxylic acids is 1. The van der Waals surface area contributed by atoms with Crippen molar-refractivity contribution in [3.8, 4) is 5.75 Å². The fraction of sp³-hybridized carbons (Fsp3) is 0.269. The van der Waals surface area contributed by atoms with E-state index in [9.17, 15) is 13.2 Å². The van der Waals surface area contributed by atoms with Gasteiger partial charge in [0.25, 0.3) is 10.0 Å². The topological polar surface area (TPSA) is 75.7 Å². The first-order valence-electron chi connectivity index (χ1n) is 10.9. The number of hydrogen-bond donors (Lipinski definition) is 1. The molecule has 0 radical (unpaired) electrons. The molecule has 0 bridgehead atoms. The summed E-state index contributed by atoms with van der Waals surface area (Å²) in [7, 11) is -4.01. The Labute approximate surface area is 206 Å². The van der Waals surface area contributed by atoms with Crippen molar-refractivity contribution in [2.45, 2.75) is 32.6 Å². The van der Waals surface area contributed by atoms with Crippen LogP contribution in [0.1, 0.15) is 22.3 Å². The maximum atomic E-state index is 13.5. The smallest absolute Gasteiger partial charge is 0.264 e. The van der Waals surface area contributed by atoms with E-state index in [0.717, 1.165) is 26.7 Å². The number of amides is 1. The SMILES string of the molecule is Cc1ccc(S(=O)(=O)N(CC(=O)NCCOc2cc(C)ccc2C)c2cc(Cl)ccc2C)cc1. The number of anilines is 1. The summed E-state index contributed by atoms with van der Waals surface area (Å²) in [6.45, 7) is 7.70. The fourth-order valence-corrected chi connectivity index (χ4v) is 5.03. The van der Waals surface area contributed by atoms with Crippen molar-refractivity contribution in [1.82, 2.24) is 5.32 Å². The number of aryl methyl sites for hydroxylation is 4. The molecule has 8 heteroatoms. The first-order valence-corrected chi connectivity index (χ1v) is 12.7. The summed E-state index contributed by atoms with van der Waals surface area (Å²) in [6, 6.07) is 17.4. The molecule has 3 aromatic carbocycles. The van der Waals surface area contributed by atoms with Crippen LogP contribution in [0.2, 0.25) is 5.02 Å². The number of nitrogens with one attached hydrogen (secondary N) is 1. The van der Waals surface area contributed by atoms with Gasteiger partial charge in [-0.25, -0.2) is 8.42 Å². The number of halogens is 1. The van der Waals surface area contributed by atoms with Crippen LogP contribution in [-0.2, 0) is 14.8 Å². The molecule has 0 aromatic heterocycles. The van der Waals surface area contributed by atoms with Gasteiger partial charge in [0.2, 0.25) is 5.91 Å². The van der Waals surface area contributed by atoms with Gasteiger partial charge >= 0.3 is 0 Å². The lowest BCUT2D eigenvalue weighted by Gasteiger charge is -2.26. The Bertz CT molecular complexity index is 1270. The second kappa shape index (κ2) is 10.9. The molecular formula is C26H29ClN2O4S. The van der Waals surface area contributed by atoms with E-state index < -0.39 is 15.9 Å². The van der Waals surface area contributed by atoms with E-state index in [1.54, 1.807) is 37.3 Å². The van der Waals surface area contributed by atoms with Crippen LogP contribution in [0.5, 0.6) is 5.75 Å². The molecule has 34 heavy (non-hydrogen) atoms. The zero-order valence-corrected chi connectivity index (χ0v) is 21.3. The minimum Gasteiger partial charge on any atom is -0.491 e. The van der Waals surface area contributed by atoms with Crippen LogP contribution >= 0.6 is 11.6 Å². The number of nitrogens with zero attached hydrogens (tertiary/aromatic N) is 1. The van der Waals surface area contributed by atoms with Crippen LogP contribution in [-0.4, -0.2) is 34.0 Å². The Balaban J connectivity index is 1.76. The molecule has 0 unspecified atom stereocenters. The van der Waals surface area contributed by atoms with Crippen molar-refractivity contribution in [3.63, 3.8) is 0 Å². The number of benzene rings is 3. The lowest BCUT2D eigenvalue weighted by molar-refractivity contribution is -0.119. The summed E-state index contributed by atoms with van der Waals surface area (Å²) in [4.78, 5) is 12.9. The van der Waals surface area contributed by atoms with Crippen molar-refractivity contribution in [3.05, 3.63) is 87.9 Å². The molecule has 1 amide bonds. The molecule has 6 nitrogen and oxygen atoms in total. The second-order valence-corrected chi connectivity index (χ2v) is 10.5. The maximum Gasteiger partial charge on any atom is 0.264 e. The van der Waals surface area contributed by atoms with E-state index >= 15 is 0 Å². The third-order valence-corrected chi connectivity index (χ3v) is 7.37. The fourth-order valence-electron chi connectivity index (χ4n) is 3.39. The van der Waals surface area contributed by atoms with Gasteiger partial charge < -0.3 is 10.1 Å². The quantitative estimate of drug-likeness (QED) is 0.421. The van der Waals surface area contributed by atoms with Gasteiger partial charge in [0.05, 0.1) is 17.1 Å². The highest BCUT2D eigenvalue weighted by Gasteiger charge is 2.28. The molecule has 0 aliphatic rings. The molecule has 180 valence electrons. The van der Waals surface area contributed by atoms with Crippen molar-refractivity contribution in [1.29, 1.82) is 0 Å². The van der Waals surface area contributed by atoms with Crippen LogP contribution in [0.3, 0.4) is 0 Å². The summed E-state index contributed by atoms with van der Waals surface area (Å²) in [5.74, 6) is 0.312. The third kappa shape index (κ3) is 6.30. The van der Waals surface area contributed by atoms with Crippen molar-refractivity contribution in [2.24, 2.45) is 0 Å². The van der Waals surface area contributed by atoms with E-state index in [1.807, 2.05) is 39.0 Å². The van der Waals surface area contributed by atoms with E-state index in [0.29, 0.717) is 16.3 Å². The largest absolute Gasteiger partial charge is 0.491 e. The molecule has 0 aliphatic carbocycles. The average molecular weight is 501 g/mol. The summed E-state index contributed by atoms with van der Waals surface area (Å²) in [6.07, 6.45) is 0. The van der Waals surface area contributed by atoms with Gasteiger partial charge in [-0.2, -0.15) is 0 Å². The van der Waals surface area contributed by atoms with Gasteiger partial charge in [0.1, 0.15) is 18.9 Å². The highest BCUT2D eigenvalue weighted by atomic mass is 35.5. The first-order chi connectivity index (χ1) is 16.1. The second-order valence-electron chi connectivity index (χ2n) is 8.22. The number of carbonyl (C=O) groups is 1. The first kappa shape index (κ1) is 25.6. The molecule has 0 heterocycles.